The SMILES string of the molecule is Cc1nn(C(=O)c2c(Cl)cccc2C2(C(F)(F)F)CC2)c2c1CCC(C=O)C2. The molecule has 1 fully saturated rings. The number of fused-ring (bicyclic) bond motifs is 1. The first-order chi connectivity index (χ1) is 13.2. The molecule has 4 nitrogen and oxygen atoms in total. The van der Waals surface area contributed by atoms with Gasteiger partial charge in [0.1, 0.15) is 6.29 Å². The van der Waals surface area contributed by atoms with Crippen LogP contribution in [0.15, 0.2) is 18.2 Å². The monoisotopic (exact) mass is 410 g/mol. The van der Waals surface area contributed by atoms with E-state index >= 15 is 0 Å². The maximum atomic E-state index is 13.7. The molecular weight excluding hydrogens is 393 g/mol. The highest BCUT2D eigenvalue weighted by Crippen LogP contribution is 2.60. The summed E-state index contributed by atoms with van der Waals surface area (Å²) in [5, 5.41) is 4.27. The fourth-order valence-electron chi connectivity index (χ4n) is 4.18. The first kappa shape index (κ1) is 19.2. The van der Waals surface area contributed by atoms with Crippen molar-refractivity contribution in [1.29, 1.82) is 0 Å². The van der Waals surface area contributed by atoms with E-state index in [1.165, 1.54) is 18.2 Å². The number of aromatic nitrogens is 2. The van der Waals surface area contributed by atoms with Gasteiger partial charge in [0, 0.05) is 5.92 Å². The number of hydrogen-bond acceptors (Lipinski definition) is 3. The van der Waals surface area contributed by atoms with Crippen LogP contribution in [0.4, 0.5) is 13.2 Å². The number of aryl methyl sites for hydroxylation is 1. The number of carbonyl (C=O) groups is 2. The Kier molecular flexibility index (Phi) is 4.41. The topological polar surface area (TPSA) is 52.0 Å². The third-order valence-electron chi connectivity index (χ3n) is 5.93. The summed E-state index contributed by atoms with van der Waals surface area (Å²) >= 11 is 6.22. The van der Waals surface area contributed by atoms with Gasteiger partial charge in [-0.1, -0.05) is 23.7 Å². The van der Waals surface area contributed by atoms with Gasteiger partial charge in [0.05, 0.1) is 27.4 Å². The van der Waals surface area contributed by atoms with Crippen LogP contribution >= 0.6 is 11.6 Å². The lowest BCUT2D eigenvalue weighted by Crippen LogP contribution is -2.32. The molecule has 0 amide bonds. The summed E-state index contributed by atoms with van der Waals surface area (Å²) < 4.78 is 42.3. The van der Waals surface area contributed by atoms with E-state index in [-0.39, 0.29) is 34.9 Å². The molecular formula is C20H18ClF3N2O2. The van der Waals surface area contributed by atoms with E-state index in [0.717, 1.165) is 16.5 Å². The first-order valence-corrected chi connectivity index (χ1v) is 9.50. The minimum atomic E-state index is -4.46. The van der Waals surface area contributed by atoms with Gasteiger partial charge in [0.2, 0.25) is 0 Å². The summed E-state index contributed by atoms with van der Waals surface area (Å²) in [6.07, 6.45) is -2.12. The summed E-state index contributed by atoms with van der Waals surface area (Å²) in [5.74, 6) is -0.905. The van der Waals surface area contributed by atoms with E-state index in [1.807, 2.05) is 0 Å². The normalized spacial score (nSPS) is 20.5. The van der Waals surface area contributed by atoms with Crippen molar-refractivity contribution in [2.75, 3.05) is 0 Å². The first-order valence-electron chi connectivity index (χ1n) is 9.12. The molecule has 28 heavy (non-hydrogen) atoms. The standard InChI is InChI=1S/C20H18ClF3N2O2/c1-11-13-6-5-12(10-27)9-16(13)26(25-11)18(28)17-14(3-2-4-15(17)21)19(7-8-19)20(22,23)24/h2-4,10,12H,5-9H2,1H3. The van der Waals surface area contributed by atoms with Gasteiger partial charge in [-0.25, -0.2) is 4.68 Å². The molecule has 2 aliphatic carbocycles. The van der Waals surface area contributed by atoms with Crippen molar-refractivity contribution >= 4 is 23.8 Å². The Morgan fingerprint density at radius 1 is 1.36 bits per heavy atom. The van der Waals surface area contributed by atoms with Gasteiger partial charge in [0.15, 0.2) is 0 Å². The van der Waals surface area contributed by atoms with Gasteiger partial charge in [-0.15, -0.1) is 0 Å². The Bertz CT molecular complexity index is 977. The number of rotatable bonds is 3. The maximum absolute atomic E-state index is 13.7. The molecule has 8 heteroatoms. The number of alkyl halides is 3. The highest BCUT2D eigenvalue weighted by atomic mass is 35.5. The summed E-state index contributed by atoms with van der Waals surface area (Å²) in [7, 11) is 0. The zero-order chi connectivity index (χ0) is 20.3. The second kappa shape index (κ2) is 6.44. The second-order valence-electron chi connectivity index (χ2n) is 7.61. The van der Waals surface area contributed by atoms with E-state index in [1.54, 1.807) is 6.92 Å². The van der Waals surface area contributed by atoms with Crippen molar-refractivity contribution in [3.8, 4) is 0 Å². The smallest absolute Gasteiger partial charge is 0.303 e. The van der Waals surface area contributed by atoms with Crippen LogP contribution in [0.25, 0.3) is 0 Å². The lowest BCUT2D eigenvalue weighted by Gasteiger charge is -2.23. The van der Waals surface area contributed by atoms with Crippen molar-refractivity contribution in [2.24, 2.45) is 5.92 Å². The van der Waals surface area contributed by atoms with Gasteiger partial charge in [-0.2, -0.15) is 18.3 Å². The van der Waals surface area contributed by atoms with Crippen LogP contribution in [0, 0.1) is 12.8 Å². The third-order valence-corrected chi connectivity index (χ3v) is 6.25. The van der Waals surface area contributed by atoms with Crippen LogP contribution in [-0.2, 0) is 23.1 Å². The van der Waals surface area contributed by atoms with Crippen LogP contribution in [0.3, 0.4) is 0 Å². The van der Waals surface area contributed by atoms with Crippen molar-refractivity contribution in [2.45, 2.75) is 50.6 Å². The molecule has 0 aliphatic heterocycles. The summed E-state index contributed by atoms with van der Waals surface area (Å²) in [5.41, 5.74) is -0.153. The predicted molar refractivity (Wildman–Crippen MR) is 96.7 cm³/mol. The van der Waals surface area contributed by atoms with Gasteiger partial charge < -0.3 is 4.79 Å². The Morgan fingerprint density at radius 2 is 2.07 bits per heavy atom. The highest BCUT2D eigenvalue weighted by molar-refractivity contribution is 6.34. The molecule has 0 spiro atoms. The number of carbonyl (C=O) groups excluding carboxylic acids is 2. The van der Waals surface area contributed by atoms with Gasteiger partial charge in [0.25, 0.3) is 5.91 Å². The zero-order valence-corrected chi connectivity index (χ0v) is 15.9. The van der Waals surface area contributed by atoms with E-state index < -0.39 is 17.5 Å². The minimum absolute atomic E-state index is 0.0253. The molecule has 1 atom stereocenters. The summed E-state index contributed by atoms with van der Waals surface area (Å²) in [4.78, 5) is 24.6. The molecule has 0 N–H and O–H groups in total. The Morgan fingerprint density at radius 3 is 2.68 bits per heavy atom. The van der Waals surface area contributed by atoms with Gasteiger partial charge in [-0.05, 0) is 56.2 Å². The molecule has 2 aliphatic rings. The molecule has 1 saturated carbocycles. The molecule has 1 aromatic heterocycles. The van der Waals surface area contributed by atoms with E-state index in [2.05, 4.69) is 5.10 Å². The number of benzene rings is 1. The quantitative estimate of drug-likeness (QED) is 0.703. The lowest BCUT2D eigenvalue weighted by molar-refractivity contribution is -0.160. The lowest BCUT2D eigenvalue weighted by atomic mass is 9.87. The Labute approximate surface area is 164 Å². The van der Waals surface area contributed by atoms with Crippen molar-refractivity contribution in [1.82, 2.24) is 9.78 Å². The minimum Gasteiger partial charge on any atom is -0.303 e. The average molecular weight is 411 g/mol. The molecule has 2 aromatic rings. The Hall–Kier alpha value is -2.15. The summed E-state index contributed by atoms with van der Waals surface area (Å²) in [6.45, 7) is 1.76. The molecule has 0 radical (unpaired) electrons. The molecule has 0 saturated heterocycles. The molecule has 1 unspecified atom stereocenters. The van der Waals surface area contributed by atoms with Crippen molar-refractivity contribution in [3.05, 3.63) is 51.3 Å². The van der Waals surface area contributed by atoms with Gasteiger partial charge in [-0.3, -0.25) is 4.79 Å². The highest BCUT2D eigenvalue weighted by Gasteiger charge is 2.65. The fourth-order valence-corrected chi connectivity index (χ4v) is 4.44. The molecule has 4 rings (SSSR count). The van der Waals surface area contributed by atoms with E-state index in [0.29, 0.717) is 30.7 Å². The Balaban J connectivity index is 1.85. The zero-order valence-electron chi connectivity index (χ0n) is 15.1. The molecule has 0 bridgehead atoms. The predicted octanol–water partition coefficient (Wildman–Crippen LogP) is 4.43. The molecule has 148 valence electrons. The maximum Gasteiger partial charge on any atom is 0.398 e. The second-order valence-corrected chi connectivity index (χ2v) is 8.02. The average Bonchev–Trinajstić information content (AvgIpc) is 3.41. The number of nitrogens with zero attached hydrogens (tertiary/aromatic N) is 2. The number of aldehydes is 1. The molecule has 1 heterocycles. The largest absolute Gasteiger partial charge is 0.398 e. The van der Waals surface area contributed by atoms with Gasteiger partial charge >= 0.3 is 6.18 Å². The van der Waals surface area contributed by atoms with Crippen molar-refractivity contribution < 1.29 is 22.8 Å². The van der Waals surface area contributed by atoms with Crippen LogP contribution < -0.4 is 0 Å². The van der Waals surface area contributed by atoms with Crippen LogP contribution in [0.5, 0.6) is 0 Å². The number of halogens is 4. The van der Waals surface area contributed by atoms with Crippen LogP contribution in [0.2, 0.25) is 5.02 Å². The number of hydrogen-bond donors (Lipinski definition) is 0. The van der Waals surface area contributed by atoms with Crippen LogP contribution in [0.1, 0.15) is 52.1 Å². The fraction of sp³-hybridized carbons (Fsp3) is 0.450. The van der Waals surface area contributed by atoms with Crippen molar-refractivity contribution in [3.63, 3.8) is 0 Å². The van der Waals surface area contributed by atoms with E-state index in [4.69, 9.17) is 11.6 Å². The van der Waals surface area contributed by atoms with E-state index in [9.17, 15) is 22.8 Å². The summed E-state index contributed by atoms with van der Waals surface area (Å²) in [6, 6.07) is 4.19. The third kappa shape index (κ3) is 2.79. The van der Waals surface area contributed by atoms with Crippen LogP contribution in [-0.4, -0.2) is 28.2 Å². The molecule has 1 aromatic carbocycles.